The molecule has 1 saturated heterocycles. The molecule has 1 rings (SSSR count). The van der Waals surface area contributed by atoms with Crippen LogP contribution in [0.15, 0.2) is 0 Å². The van der Waals surface area contributed by atoms with Crippen LogP contribution < -0.4 is 5.73 Å². The lowest BCUT2D eigenvalue weighted by Gasteiger charge is -2.27. The van der Waals surface area contributed by atoms with Crippen LogP contribution in [-0.4, -0.2) is 44.3 Å². The second-order valence-electron chi connectivity index (χ2n) is 5.80. The van der Waals surface area contributed by atoms with E-state index in [2.05, 4.69) is 25.8 Å². The Morgan fingerprint density at radius 3 is 2.69 bits per heavy atom. The second-order valence-corrected chi connectivity index (χ2v) is 5.80. The number of hydrogen-bond acceptors (Lipinski definition) is 3. The third-order valence-electron chi connectivity index (χ3n) is 3.71. The number of hydrogen-bond donors (Lipinski definition) is 1. The molecule has 3 heteroatoms. The minimum Gasteiger partial charge on any atom is -0.380 e. The highest BCUT2D eigenvalue weighted by atomic mass is 16.5. The predicted octanol–water partition coefficient (Wildman–Crippen LogP) is 1.86. The van der Waals surface area contributed by atoms with E-state index in [1.165, 1.54) is 25.8 Å². The molecule has 1 fully saturated rings. The molecule has 0 aliphatic carbocycles. The molecule has 0 spiro atoms. The van der Waals surface area contributed by atoms with Crippen LogP contribution in [0.5, 0.6) is 0 Å². The molecule has 0 aromatic rings. The molecule has 1 heterocycles. The molecule has 1 aliphatic rings. The average Bonchev–Trinajstić information content (AvgIpc) is 2.69. The van der Waals surface area contributed by atoms with E-state index >= 15 is 0 Å². The minimum atomic E-state index is 0.405. The van der Waals surface area contributed by atoms with Gasteiger partial charge in [-0.3, -0.25) is 0 Å². The van der Waals surface area contributed by atoms with Gasteiger partial charge in [0.15, 0.2) is 0 Å². The molecule has 0 aromatic carbocycles. The van der Waals surface area contributed by atoms with Crippen LogP contribution in [0.4, 0.5) is 0 Å². The maximum atomic E-state index is 5.62. The van der Waals surface area contributed by atoms with Crippen molar-refractivity contribution in [2.75, 3.05) is 33.4 Å². The van der Waals surface area contributed by atoms with Crippen molar-refractivity contribution in [1.29, 1.82) is 0 Å². The Labute approximate surface area is 100 Å². The number of ether oxygens (including phenoxy) is 1. The molecule has 0 amide bonds. The van der Waals surface area contributed by atoms with Crippen molar-refractivity contribution in [2.45, 2.75) is 45.6 Å². The van der Waals surface area contributed by atoms with Crippen LogP contribution >= 0.6 is 0 Å². The van der Waals surface area contributed by atoms with E-state index in [1.54, 1.807) is 0 Å². The summed E-state index contributed by atoms with van der Waals surface area (Å²) >= 11 is 0. The predicted molar refractivity (Wildman–Crippen MR) is 68.5 cm³/mol. The molecule has 0 aromatic heterocycles. The van der Waals surface area contributed by atoms with Crippen LogP contribution in [0.1, 0.15) is 39.5 Å². The Kier molecular flexibility index (Phi) is 5.73. The molecule has 0 bridgehead atoms. The van der Waals surface area contributed by atoms with Crippen LogP contribution in [0.25, 0.3) is 0 Å². The highest BCUT2D eigenvalue weighted by molar-refractivity contribution is 4.74. The fourth-order valence-electron chi connectivity index (χ4n) is 2.38. The van der Waals surface area contributed by atoms with Crippen molar-refractivity contribution in [3.05, 3.63) is 0 Å². The Morgan fingerprint density at radius 2 is 2.12 bits per heavy atom. The van der Waals surface area contributed by atoms with Gasteiger partial charge in [-0.05, 0) is 51.2 Å². The Bertz CT molecular complexity index is 188. The van der Waals surface area contributed by atoms with E-state index in [1.807, 2.05) is 0 Å². The summed E-state index contributed by atoms with van der Waals surface area (Å²) in [4.78, 5) is 2.45. The molecule has 2 N–H and O–H groups in total. The Balaban J connectivity index is 2.14. The smallest absolute Gasteiger partial charge is 0.0622 e. The zero-order valence-electron chi connectivity index (χ0n) is 11.2. The lowest BCUT2D eigenvalue weighted by molar-refractivity contribution is 0.155. The van der Waals surface area contributed by atoms with Crippen LogP contribution in [0, 0.1) is 5.41 Å². The first-order chi connectivity index (χ1) is 7.55. The molecule has 1 unspecified atom stereocenters. The first kappa shape index (κ1) is 13.9. The van der Waals surface area contributed by atoms with Crippen molar-refractivity contribution in [1.82, 2.24) is 4.90 Å². The quantitative estimate of drug-likeness (QED) is 0.723. The van der Waals surface area contributed by atoms with E-state index in [0.29, 0.717) is 11.5 Å². The van der Waals surface area contributed by atoms with Gasteiger partial charge in [-0.15, -0.1) is 0 Å². The summed E-state index contributed by atoms with van der Waals surface area (Å²) in [6.45, 7) is 8.48. The summed E-state index contributed by atoms with van der Waals surface area (Å²) in [6, 6.07) is 0.651. The zero-order valence-corrected chi connectivity index (χ0v) is 11.2. The van der Waals surface area contributed by atoms with E-state index in [0.717, 1.165) is 26.2 Å². The third-order valence-corrected chi connectivity index (χ3v) is 3.71. The van der Waals surface area contributed by atoms with E-state index in [9.17, 15) is 0 Å². The first-order valence-corrected chi connectivity index (χ1v) is 6.53. The topological polar surface area (TPSA) is 38.5 Å². The molecular weight excluding hydrogens is 200 g/mol. The van der Waals surface area contributed by atoms with Gasteiger partial charge in [0.25, 0.3) is 0 Å². The van der Waals surface area contributed by atoms with Crippen molar-refractivity contribution < 1.29 is 4.74 Å². The van der Waals surface area contributed by atoms with Gasteiger partial charge in [0, 0.05) is 12.6 Å². The van der Waals surface area contributed by atoms with Crippen LogP contribution in [-0.2, 0) is 4.74 Å². The summed E-state index contributed by atoms with van der Waals surface area (Å²) in [7, 11) is 2.22. The molecule has 3 nitrogen and oxygen atoms in total. The van der Waals surface area contributed by atoms with Crippen molar-refractivity contribution in [3.63, 3.8) is 0 Å². The molecular formula is C13H28N2O. The molecule has 0 saturated carbocycles. The normalized spacial score (nSPS) is 21.9. The van der Waals surface area contributed by atoms with Crippen molar-refractivity contribution in [3.8, 4) is 0 Å². The molecule has 16 heavy (non-hydrogen) atoms. The van der Waals surface area contributed by atoms with Gasteiger partial charge in [0.2, 0.25) is 0 Å². The lowest BCUT2D eigenvalue weighted by atomic mass is 9.84. The fourth-order valence-corrected chi connectivity index (χ4v) is 2.38. The SMILES string of the molecule is CN(CCCC(C)(C)CCN)C1CCOC1. The Morgan fingerprint density at radius 1 is 1.38 bits per heavy atom. The molecule has 1 aliphatic heterocycles. The standard InChI is InChI=1S/C13H28N2O/c1-13(2,7-8-14)6-4-9-15(3)12-5-10-16-11-12/h12H,4-11,14H2,1-3H3. The summed E-state index contributed by atoms with van der Waals surface area (Å²) < 4.78 is 5.41. The van der Waals surface area contributed by atoms with Crippen LogP contribution in [0.2, 0.25) is 0 Å². The monoisotopic (exact) mass is 228 g/mol. The summed E-state index contributed by atoms with van der Waals surface area (Å²) in [5.74, 6) is 0. The average molecular weight is 228 g/mol. The number of rotatable bonds is 7. The van der Waals surface area contributed by atoms with Gasteiger partial charge in [-0.1, -0.05) is 13.8 Å². The lowest BCUT2D eigenvalue weighted by Crippen LogP contribution is -2.33. The van der Waals surface area contributed by atoms with Gasteiger partial charge in [-0.25, -0.2) is 0 Å². The number of likely N-dealkylation sites (N-methyl/N-ethyl adjacent to an activating group) is 1. The summed E-state index contributed by atoms with van der Waals surface area (Å²) in [6.07, 6.45) is 4.86. The number of nitrogens with two attached hydrogens (primary N) is 1. The first-order valence-electron chi connectivity index (χ1n) is 6.53. The summed E-state index contributed by atoms with van der Waals surface area (Å²) in [5.41, 5.74) is 6.02. The molecule has 0 radical (unpaired) electrons. The van der Waals surface area contributed by atoms with Gasteiger partial charge in [-0.2, -0.15) is 0 Å². The maximum Gasteiger partial charge on any atom is 0.0622 e. The largest absolute Gasteiger partial charge is 0.380 e. The van der Waals surface area contributed by atoms with Crippen molar-refractivity contribution in [2.24, 2.45) is 11.1 Å². The van der Waals surface area contributed by atoms with E-state index in [-0.39, 0.29) is 0 Å². The van der Waals surface area contributed by atoms with Gasteiger partial charge in [0.05, 0.1) is 6.61 Å². The Hall–Kier alpha value is -0.120. The van der Waals surface area contributed by atoms with E-state index < -0.39 is 0 Å². The van der Waals surface area contributed by atoms with Gasteiger partial charge < -0.3 is 15.4 Å². The maximum absolute atomic E-state index is 5.62. The third kappa shape index (κ3) is 4.81. The highest BCUT2D eigenvalue weighted by Crippen LogP contribution is 2.26. The molecule has 1 atom stereocenters. The summed E-state index contributed by atoms with van der Waals surface area (Å²) in [5, 5.41) is 0. The van der Waals surface area contributed by atoms with Crippen LogP contribution in [0.3, 0.4) is 0 Å². The highest BCUT2D eigenvalue weighted by Gasteiger charge is 2.21. The number of nitrogens with zero attached hydrogens (tertiary/aromatic N) is 1. The fraction of sp³-hybridized carbons (Fsp3) is 1.00. The minimum absolute atomic E-state index is 0.405. The van der Waals surface area contributed by atoms with E-state index in [4.69, 9.17) is 10.5 Å². The van der Waals surface area contributed by atoms with Gasteiger partial charge in [0.1, 0.15) is 0 Å². The zero-order chi connectivity index (χ0) is 12.0. The molecule has 96 valence electrons. The van der Waals surface area contributed by atoms with Crippen molar-refractivity contribution >= 4 is 0 Å². The second kappa shape index (κ2) is 6.58. The van der Waals surface area contributed by atoms with Gasteiger partial charge >= 0.3 is 0 Å².